The van der Waals surface area contributed by atoms with E-state index in [-0.39, 0.29) is 10.5 Å². The van der Waals surface area contributed by atoms with Crippen LogP contribution in [-0.2, 0) is 27.7 Å². The summed E-state index contributed by atoms with van der Waals surface area (Å²) in [7, 11) is -4.01. The van der Waals surface area contributed by atoms with E-state index in [2.05, 4.69) is 11.4 Å². The Morgan fingerprint density at radius 3 is 2.50 bits per heavy atom. The number of rotatable bonds is 3. The Hall–Kier alpha value is -3.19. The van der Waals surface area contributed by atoms with Crippen LogP contribution in [0.5, 0.6) is 0 Å². The molecular formula is C21H16N2O4S. The van der Waals surface area contributed by atoms with E-state index >= 15 is 0 Å². The molecule has 1 aliphatic heterocycles. The molecular weight excluding hydrogens is 376 g/mol. The number of amides is 2. The highest BCUT2D eigenvalue weighted by molar-refractivity contribution is 7.90. The summed E-state index contributed by atoms with van der Waals surface area (Å²) in [5, 5.41) is 4.86. The fourth-order valence-electron chi connectivity index (χ4n) is 4.06. The van der Waals surface area contributed by atoms with Crippen LogP contribution in [0.4, 0.5) is 5.69 Å². The zero-order valence-corrected chi connectivity index (χ0v) is 15.6. The molecule has 1 heterocycles. The minimum Gasteiger partial charge on any atom is -0.324 e. The maximum Gasteiger partial charge on any atom is 0.269 e. The van der Waals surface area contributed by atoms with Crippen LogP contribution >= 0.6 is 0 Å². The number of anilines is 1. The normalized spacial score (nSPS) is 16.4. The second kappa shape index (κ2) is 5.90. The first kappa shape index (κ1) is 16.9. The van der Waals surface area contributed by atoms with Crippen LogP contribution in [0.15, 0.2) is 59.5 Å². The standard InChI is InChI=1S/C21H16N2O4S/c24-19(12-23-21(25)16-5-1-2-7-18(16)28(23,26)27)22-17-11-10-14-9-8-13-4-3-6-15(17)20(13)14/h1-7,10-11H,8-9,12H2,(H,22,24). The van der Waals surface area contributed by atoms with Crippen LogP contribution in [0, 0.1) is 0 Å². The van der Waals surface area contributed by atoms with Crippen molar-refractivity contribution in [3.63, 3.8) is 0 Å². The van der Waals surface area contributed by atoms with E-state index in [1.807, 2.05) is 24.3 Å². The molecule has 3 aromatic rings. The van der Waals surface area contributed by atoms with Gasteiger partial charge in [-0.25, -0.2) is 12.7 Å². The van der Waals surface area contributed by atoms with Crippen molar-refractivity contribution in [1.82, 2.24) is 4.31 Å². The van der Waals surface area contributed by atoms with Gasteiger partial charge in [-0.3, -0.25) is 9.59 Å². The second-order valence-corrected chi connectivity index (χ2v) is 8.80. The Labute approximate surface area is 161 Å². The Balaban J connectivity index is 1.44. The van der Waals surface area contributed by atoms with Crippen LogP contribution in [-0.4, -0.2) is 31.1 Å². The number of fused-ring (bicyclic) bond motifs is 1. The van der Waals surface area contributed by atoms with E-state index in [1.54, 1.807) is 12.1 Å². The number of nitrogens with one attached hydrogen (secondary N) is 1. The number of hydrogen-bond acceptors (Lipinski definition) is 4. The van der Waals surface area contributed by atoms with E-state index < -0.39 is 28.4 Å². The predicted molar refractivity (Wildman–Crippen MR) is 105 cm³/mol. The third-order valence-corrected chi connectivity index (χ3v) is 7.14. The number of carbonyl (C=O) groups excluding carboxylic acids is 2. The first-order valence-corrected chi connectivity index (χ1v) is 10.4. The van der Waals surface area contributed by atoms with Crippen molar-refractivity contribution < 1.29 is 18.0 Å². The van der Waals surface area contributed by atoms with Gasteiger partial charge in [-0.1, -0.05) is 36.4 Å². The number of sulfonamides is 1. The summed E-state index contributed by atoms with van der Waals surface area (Å²) in [5.41, 5.74) is 3.21. The lowest BCUT2D eigenvalue weighted by molar-refractivity contribution is -0.116. The Morgan fingerprint density at radius 2 is 1.71 bits per heavy atom. The predicted octanol–water partition coefficient (Wildman–Crippen LogP) is 2.72. The third kappa shape index (κ3) is 2.36. The number of carbonyl (C=O) groups is 2. The topological polar surface area (TPSA) is 83.6 Å². The van der Waals surface area contributed by atoms with Gasteiger partial charge in [0.15, 0.2) is 0 Å². The Morgan fingerprint density at radius 1 is 0.964 bits per heavy atom. The van der Waals surface area contributed by atoms with Gasteiger partial charge < -0.3 is 5.32 Å². The van der Waals surface area contributed by atoms with E-state index in [9.17, 15) is 18.0 Å². The molecule has 6 nitrogen and oxygen atoms in total. The third-order valence-electron chi connectivity index (χ3n) is 5.35. The molecule has 28 heavy (non-hydrogen) atoms. The summed E-state index contributed by atoms with van der Waals surface area (Å²) in [6.45, 7) is -0.557. The van der Waals surface area contributed by atoms with E-state index in [0.717, 1.165) is 23.6 Å². The quantitative estimate of drug-likeness (QED) is 0.743. The largest absolute Gasteiger partial charge is 0.324 e. The summed E-state index contributed by atoms with van der Waals surface area (Å²) in [4.78, 5) is 25.0. The lowest BCUT2D eigenvalue weighted by Crippen LogP contribution is -2.37. The van der Waals surface area contributed by atoms with Crippen molar-refractivity contribution in [2.24, 2.45) is 0 Å². The van der Waals surface area contributed by atoms with Crippen molar-refractivity contribution in [3.8, 4) is 0 Å². The number of aryl methyl sites for hydroxylation is 2. The molecule has 5 rings (SSSR count). The van der Waals surface area contributed by atoms with Crippen molar-refractivity contribution in [1.29, 1.82) is 0 Å². The first-order valence-electron chi connectivity index (χ1n) is 8.96. The van der Waals surface area contributed by atoms with Gasteiger partial charge in [0.25, 0.3) is 15.9 Å². The van der Waals surface area contributed by atoms with Crippen molar-refractivity contribution >= 4 is 38.3 Å². The highest BCUT2D eigenvalue weighted by atomic mass is 32.2. The van der Waals surface area contributed by atoms with Gasteiger partial charge in [0, 0.05) is 11.1 Å². The molecule has 2 aliphatic rings. The Kier molecular flexibility index (Phi) is 3.57. The number of benzene rings is 3. The van der Waals surface area contributed by atoms with Crippen LogP contribution < -0.4 is 5.32 Å². The Bertz CT molecular complexity index is 1270. The highest BCUT2D eigenvalue weighted by Crippen LogP contribution is 2.35. The van der Waals surface area contributed by atoms with Gasteiger partial charge in [-0.2, -0.15) is 0 Å². The van der Waals surface area contributed by atoms with E-state index in [4.69, 9.17) is 0 Å². The lowest BCUT2D eigenvalue weighted by atomic mass is 10.0. The van der Waals surface area contributed by atoms with Gasteiger partial charge in [-0.05, 0) is 47.6 Å². The van der Waals surface area contributed by atoms with Crippen LogP contribution in [0.2, 0.25) is 0 Å². The van der Waals surface area contributed by atoms with E-state index in [1.165, 1.54) is 23.3 Å². The molecule has 0 bridgehead atoms. The molecule has 140 valence electrons. The fourth-order valence-corrected chi connectivity index (χ4v) is 5.59. The average Bonchev–Trinajstić information content (AvgIpc) is 3.19. The zero-order chi connectivity index (χ0) is 19.5. The molecule has 0 atom stereocenters. The average molecular weight is 392 g/mol. The number of hydrogen-bond donors (Lipinski definition) is 1. The van der Waals surface area contributed by atoms with Crippen molar-refractivity contribution in [2.45, 2.75) is 17.7 Å². The molecule has 7 heteroatoms. The molecule has 0 saturated heterocycles. The maximum absolute atomic E-state index is 12.6. The molecule has 1 N–H and O–H groups in total. The van der Waals surface area contributed by atoms with Crippen molar-refractivity contribution in [3.05, 3.63) is 71.3 Å². The smallest absolute Gasteiger partial charge is 0.269 e. The molecule has 2 amide bonds. The molecule has 0 aromatic heterocycles. The van der Waals surface area contributed by atoms with Gasteiger partial charge >= 0.3 is 0 Å². The SMILES string of the molecule is O=C(CN1C(=O)c2ccccc2S1(=O)=O)Nc1ccc2c3c(cccc13)CC2. The van der Waals surface area contributed by atoms with Crippen LogP contribution in [0.3, 0.4) is 0 Å². The molecule has 1 aliphatic carbocycles. The van der Waals surface area contributed by atoms with Gasteiger partial charge in [0.05, 0.1) is 5.56 Å². The molecule has 3 aromatic carbocycles. The second-order valence-electron chi connectivity index (χ2n) is 6.97. The molecule has 0 saturated carbocycles. The molecule has 0 fully saturated rings. The van der Waals surface area contributed by atoms with Gasteiger partial charge in [-0.15, -0.1) is 0 Å². The molecule has 0 radical (unpaired) electrons. The summed E-state index contributed by atoms with van der Waals surface area (Å²) in [5.74, 6) is -1.23. The zero-order valence-electron chi connectivity index (χ0n) is 14.8. The minimum absolute atomic E-state index is 0.0573. The minimum atomic E-state index is -4.01. The van der Waals surface area contributed by atoms with Gasteiger partial charge in [0.1, 0.15) is 11.4 Å². The molecule has 0 spiro atoms. The maximum atomic E-state index is 12.6. The highest BCUT2D eigenvalue weighted by Gasteiger charge is 2.41. The van der Waals surface area contributed by atoms with Crippen LogP contribution in [0.1, 0.15) is 21.5 Å². The van der Waals surface area contributed by atoms with E-state index in [0.29, 0.717) is 9.99 Å². The summed E-state index contributed by atoms with van der Waals surface area (Å²) < 4.78 is 25.9. The fraction of sp³-hybridized carbons (Fsp3) is 0.143. The van der Waals surface area contributed by atoms with Crippen LogP contribution in [0.25, 0.3) is 10.8 Å². The molecule has 0 unspecified atom stereocenters. The van der Waals surface area contributed by atoms with Crippen molar-refractivity contribution in [2.75, 3.05) is 11.9 Å². The summed E-state index contributed by atoms with van der Waals surface area (Å²) >= 11 is 0. The monoisotopic (exact) mass is 392 g/mol. The first-order chi connectivity index (χ1) is 13.5. The summed E-state index contributed by atoms with van der Waals surface area (Å²) in [6, 6.07) is 15.8. The number of nitrogens with zero attached hydrogens (tertiary/aromatic N) is 1. The summed E-state index contributed by atoms with van der Waals surface area (Å²) in [6.07, 6.45) is 1.95. The lowest BCUT2D eigenvalue weighted by Gasteiger charge is -2.16. The van der Waals surface area contributed by atoms with Gasteiger partial charge in [0.2, 0.25) is 5.91 Å².